The second kappa shape index (κ2) is 9.44. The van der Waals surface area contributed by atoms with Gasteiger partial charge in [0.05, 0.1) is 24.2 Å². The predicted octanol–water partition coefficient (Wildman–Crippen LogP) is 3.43. The lowest BCUT2D eigenvalue weighted by atomic mass is 10.1. The molecule has 0 aliphatic carbocycles. The Balaban J connectivity index is 1.22. The first-order valence-electron chi connectivity index (χ1n) is 11.8. The van der Waals surface area contributed by atoms with E-state index in [2.05, 4.69) is 10.3 Å². The molecule has 2 aliphatic heterocycles. The standard InChI is InChI=1S/C27H23N3O6/c31-26(19-5-7-23-17(15-19)10-13-33-35-23)28-12-9-25-29-21-3-1-2-4-22(21)30(25)27(32)20-6-8-24-18(16-20)11-14-34-36-24/h1-8,15-16H,9-14H2,(H,28,31). The lowest BCUT2D eigenvalue weighted by Gasteiger charge is -2.17. The predicted molar refractivity (Wildman–Crippen MR) is 129 cm³/mol. The smallest absolute Gasteiger partial charge is 0.263 e. The van der Waals surface area contributed by atoms with Crippen LogP contribution in [0.5, 0.6) is 11.5 Å². The molecule has 6 rings (SSSR count). The molecular formula is C27H23N3O6. The van der Waals surface area contributed by atoms with E-state index in [9.17, 15) is 9.59 Å². The zero-order chi connectivity index (χ0) is 24.5. The van der Waals surface area contributed by atoms with Gasteiger partial charge in [0, 0.05) is 48.1 Å². The molecule has 0 saturated heterocycles. The first-order valence-corrected chi connectivity index (χ1v) is 11.8. The van der Waals surface area contributed by atoms with Crippen LogP contribution >= 0.6 is 0 Å². The molecule has 0 unspecified atom stereocenters. The first kappa shape index (κ1) is 22.3. The molecule has 0 fully saturated rings. The molecule has 0 saturated carbocycles. The third-order valence-corrected chi connectivity index (χ3v) is 6.30. The maximum atomic E-state index is 13.6. The summed E-state index contributed by atoms with van der Waals surface area (Å²) in [6, 6.07) is 18.1. The highest BCUT2D eigenvalue weighted by Gasteiger charge is 2.21. The summed E-state index contributed by atoms with van der Waals surface area (Å²) in [6.45, 7) is 1.21. The molecule has 36 heavy (non-hydrogen) atoms. The minimum Gasteiger partial charge on any atom is -0.352 e. The van der Waals surface area contributed by atoms with E-state index >= 15 is 0 Å². The number of imidazole rings is 1. The fourth-order valence-corrected chi connectivity index (χ4v) is 4.49. The minimum atomic E-state index is -0.199. The van der Waals surface area contributed by atoms with Gasteiger partial charge in [-0.25, -0.2) is 4.98 Å². The van der Waals surface area contributed by atoms with Crippen LogP contribution in [-0.2, 0) is 29.0 Å². The van der Waals surface area contributed by atoms with Gasteiger partial charge in [-0.1, -0.05) is 12.1 Å². The van der Waals surface area contributed by atoms with Crippen LogP contribution in [0.4, 0.5) is 0 Å². The van der Waals surface area contributed by atoms with Crippen LogP contribution in [0.25, 0.3) is 11.0 Å². The van der Waals surface area contributed by atoms with Crippen LogP contribution in [0, 0.1) is 0 Å². The second-order valence-electron chi connectivity index (χ2n) is 8.62. The first-order chi connectivity index (χ1) is 17.7. The zero-order valence-corrected chi connectivity index (χ0v) is 19.4. The fourth-order valence-electron chi connectivity index (χ4n) is 4.49. The molecule has 3 heterocycles. The number of benzene rings is 3. The van der Waals surface area contributed by atoms with Gasteiger partial charge in [-0.2, -0.15) is 9.78 Å². The van der Waals surface area contributed by atoms with Crippen molar-refractivity contribution in [3.8, 4) is 11.5 Å². The van der Waals surface area contributed by atoms with Crippen molar-refractivity contribution in [1.82, 2.24) is 14.9 Å². The van der Waals surface area contributed by atoms with Gasteiger partial charge in [-0.15, -0.1) is 0 Å². The number of amides is 1. The summed E-state index contributed by atoms with van der Waals surface area (Å²) in [6.07, 6.45) is 1.74. The Hall–Kier alpha value is -4.21. The molecule has 182 valence electrons. The highest BCUT2D eigenvalue weighted by Crippen LogP contribution is 2.27. The van der Waals surface area contributed by atoms with Crippen LogP contribution in [0.1, 0.15) is 37.7 Å². The van der Waals surface area contributed by atoms with Crippen molar-refractivity contribution in [1.29, 1.82) is 0 Å². The van der Waals surface area contributed by atoms with Gasteiger partial charge in [0.2, 0.25) is 0 Å². The maximum absolute atomic E-state index is 13.6. The number of aromatic nitrogens is 2. The Morgan fingerprint density at radius 1 is 0.861 bits per heavy atom. The Bertz CT molecular complexity index is 1480. The van der Waals surface area contributed by atoms with E-state index in [0.717, 1.165) is 22.2 Å². The Labute approximate surface area is 206 Å². The summed E-state index contributed by atoms with van der Waals surface area (Å²) in [7, 11) is 0. The van der Waals surface area contributed by atoms with Crippen molar-refractivity contribution in [2.24, 2.45) is 0 Å². The monoisotopic (exact) mass is 485 g/mol. The highest BCUT2D eigenvalue weighted by molar-refractivity contribution is 6.02. The van der Waals surface area contributed by atoms with Gasteiger partial charge in [0.15, 0.2) is 11.5 Å². The molecule has 0 spiro atoms. The minimum absolute atomic E-state index is 0.184. The molecule has 4 aromatic rings. The van der Waals surface area contributed by atoms with Crippen molar-refractivity contribution >= 4 is 22.8 Å². The van der Waals surface area contributed by atoms with Gasteiger partial charge >= 0.3 is 0 Å². The molecule has 1 N–H and O–H groups in total. The van der Waals surface area contributed by atoms with Gasteiger partial charge in [-0.3, -0.25) is 14.2 Å². The largest absolute Gasteiger partial charge is 0.352 e. The van der Waals surface area contributed by atoms with Gasteiger partial charge in [0.25, 0.3) is 11.8 Å². The molecule has 0 bridgehead atoms. The molecule has 1 amide bonds. The summed E-state index contributed by atoms with van der Waals surface area (Å²) < 4.78 is 1.62. The number of hydrogen-bond acceptors (Lipinski definition) is 7. The molecule has 3 aromatic carbocycles. The van der Waals surface area contributed by atoms with Crippen LogP contribution in [0.15, 0.2) is 60.7 Å². The van der Waals surface area contributed by atoms with Crippen molar-refractivity contribution in [2.45, 2.75) is 19.3 Å². The van der Waals surface area contributed by atoms with E-state index in [4.69, 9.17) is 19.6 Å². The van der Waals surface area contributed by atoms with E-state index in [1.807, 2.05) is 36.4 Å². The fraction of sp³-hybridized carbons (Fsp3) is 0.222. The molecule has 9 heteroatoms. The molecule has 0 atom stereocenters. The van der Waals surface area contributed by atoms with E-state index in [0.29, 0.717) is 67.5 Å². The van der Waals surface area contributed by atoms with Crippen molar-refractivity contribution < 1.29 is 29.1 Å². The lowest BCUT2D eigenvalue weighted by molar-refractivity contribution is -0.215. The number of rotatable bonds is 5. The summed E-state index contributed by atoms with van der Waals surface area (Å²) in [5, 5.41) is 2.94. The van der Waals surface area contributed by atoms with Crippen LogP contribution in [0.2, 0.25) is 0 Å². The topological polar surface area (TPSA) is 101 Å². The number of nitrogens with zero attached hydrogens (tertiary/aromatic N) is 2. The van der Waals surface area contributed by atoms with Crippen molar-refractivity contribution in [3.05, 3.63) is 88.7 Å². The number of nitrogens with one attached hydrogen (secondary N) is 1. The third-order valence-electron chi connectivity index (χ3n) is 6.30. The molecule has 1 aromatic heterocycles. The van der Waals surface area contributed by atoms with Crippen LogP contribution < -0.4 is 15.1 Å². The maximum Gasteiger partial charge on any atom is 0.263 e. The van der Waals surface area contributed by atoms with Crippen molar-refractivity contribution in [3.63, 3.8) is 0 Å². The van der Waals surface area contributed by atoms with E-state index < -0.39 is 0 Å². The van der Waals surface area contributed by atoms with Gasteiger partial charge in [-0.05, 0) is 48.5 Å². The van der Waals surface area contributed by atoms with Crippen LogP contribution in [-0.4, -0.2) is 41.1 Å². The summed E-state index contributed by atoms with van der Waals surface area (Å²) >= 11 is 0. The SMILES string of the molecule is O=C(NCCc1nc2ccccc2n1C(=O)c1ccc2c(c1)CCOO2)c1ccc2c(c1)CCOO2. The number of fused-ring (bicyclic) bond motifs is 3. The lowest BCUT2D eigenvalue weighted by Crippen LogP contribution is -2.27. The molecular weight excluding hydrogens is 462 g/mol. The Morgan fingerprint density at radius 2 is 1.53 bits per heavy atom. The van der Waals surface area contributed by atoms with Crippen molar-refractivity contribution in [2.75, 3.05) is 19.8 Å². The quantitative estimate of drug-likeness (QED) is 0.432. The molecule has 2 aliphatic rings. The normalized spacial score (nSPS) is 14.3. The van der Waals surface area contributed by atoms with Gasteiger partial charge < -0.3 is 15.1 Å². The second-order valence-corrected chi connectivity index (χ2v) is 8.62. The molecule has 9 nitrogen and oxygen atoms in total. The average Bonchev–Trinajstić information content (AvgIpc) is 3.30. The Morgan fingerprint density at radius 3 is 2.28 bits per heavy atom. The van der Waals surface area contributed by atoms with E-state index in [-0.39, 0.29) is 11.8 Å². The third kappa shape index (κ3) is 4.19. The van der Waals surface area contributed by atoms with E-state index in [1.165, 1.54) is 0 Å². The van der Waals surface area contributed by atoms with Gasteiger partial charge in [0.1, 0.15) is 5.82 Å². The van der Waals surface area contributed by atoms with Crippen LogP contribution in [0.3, 0.4) is 0 Å². The number of para-hydroxylation sites is 2. The number of hydrogen-bond donors (Lipinski definition) is 1. The zero-order valence-electron chi connectivity index (χ0n) is 19.4. The number of carbonyl (C=O) groups is 2. The highest BCUT2D eigenvalue weighted by atomic mass is 17.2. The average molecular weight is 485 g/mol. The summed E-state index contributed by atoms with van der Waals surface area (Å²) in [5.41, 5.74) is 4.38. The summed E-state index contributed by atoms with van der Waals surface area (Å²) in [5.74, 6) is 1.45. The molecule has 0 radical (unpaired) electrons. The summed E-state index contributed by atoms with van der Waals surface area (Å²) in [4.78, 5) is 51.4. The number of carbonyl (C=O) groups excluding carboxylic acids is 2. The van der Waals surface area contributed by atoms with E-state index in [1.54, 1.807) is 28.8 Å². The Kier molecular flexibility index (Phi) is 5.84.